The van der Waals surface area contributed by atoms with Gasteiger partial charge in [-0.1, -0.05) is 41.7 Å². The van der Waals surface area contributed by atoms with Crippen molar-refractivity contribution < 1.29 is 15.0 Å². The summed E-state index contributed by atoms with van der Waals surface area (Å²) in [7, 11) is 1.72. The molecule has 0 spiro atoms. The highest BCUT2D eigenvalue weighted by atomic mass is 32.1. The van der Waals surface area contributed by atoms with Gasteiger partial charge in [-0.25, -0.2) is 4.99 Å². The fraction of sp³-hybridized carbons (Fsp3) is 0.0500. The van der Waals surface area contributed by atoms with Crippen LogP contribution in [0.4, 0.5) is 11.4 Å². The Morgan fingerprint density at radius 3 is 2.70 bits per heavy atom. The van der Waals surface area contributed by atoms with Gasteiger partial charge in [0, 0.05) is 24.4 Å². The molecule has 0 aliphatic carbocycles. The fourth-order valence-corrected chi connectivity index (χ4v) is 3.72. The second-order valence-corrected chi connectivity index (χ2v) is 6.96. The number of benzene rings is 2. The van der Waals surface area contributed by atoms with Crippen molar-refractivity contribution in [1.82, 2.24) is 4.57 Å². The Kier molecular flexibility index (Phi) is 4.21. The van der Waals surface area contributed by atoms with Crippen molar-refractivity contribution in [3.05, 3.63) is 69.3 Å². The highest BCUT2D eigenvalue weighted by Crippen LogP contribution is 2.34. The Balaban J connectivity index is 1.73. The Labute approximate surface area is 158 Å². The molecule has 1 aliphatic rings. The smallest absolute Gasteiger partial charge is 0.210 e. The molecule has 2 aromatic carbocycles. The maximum atomic E-state index is 10.8. The molecule has 0 fully saturated rings. The predicted octanol–water partition coefficient (Wildman–Crippen LogP) is 2.64. The number of carboxylic acids is 1. The van der Waals surface area contributed by atoms with Crippen molar-refractivity contribution in [3.8, 4) is 5.88 Å². The predicted molar refractivity (Wildman–Crippen MR) is 103 cm³/mol. The molecule has 0 saturated carbocycles. The standard InChI is InChI=1S/C20H15N3O3S/c1-23-18(24)17(10-13-11-21-16-5-3-2-4-15(13)16)27-20(23)22-14-8-6-12(7-9-14)19(25)26/h2-11,24H,1H3,(H,25,26)/p-1/b13-10+,22-20?. The van der Waals surface area contributed by atoms with Crippen LogP contribution < -0.4 is 9.91 Å². The number of nitrogens with zero attached hydrogens (tertiary/aromatic N) is 3. The third-order valence-corrected chi connectivity index (χ3v) is 5.27. The minimum atomic E-state index is -1.23. The monoisotopic (exact) mass is 376 g/mol. The number of carboxylic acid groups (broad SMARTS) is 1. The number of fused-ring (bicyclic) bond motifs is 1. The Hall–Kier alpha value is -3.45. The van der Waals surface area contributed by atoms with Gasteiger partial charge in [-0.3, -0.25) is 9.56 Å². The van der Waals surface area contributed by atoms with Crippen molar-refractivity contribution in [2.45, 2.75) is 0 Å². The van der Waals surface area contributed by atoms with E-state index in [0.717, 1.165) is 16.8 Å². The Morgan fingerprint density at radius 1 is 1.22 bits per heavy atom. The van der Waals surface area contributed by atoms with E-state index in [1.807, 2.05) is 30.3 Å². The van der Waals surface area contributed by atoms with Crippen molar-refractivity contribution in [2.24, 2.45) is 17.0 Å². The van der Waals surface area contributed by atoms with E-state index in [4.69, 9.17) is 0 Å². The zero-order chi connectivity index (χ0) is 19.0. The van der Waals surface area contributed by atoms with Gasteiger partial charge in [0.1, 0.15) is 0 Å². The molecule has 27 heavy (non-hydrogen) atoms. The lowest BCUT2D eigenvalue weighted by molar-refractivity contribution is -0.255. The summed E-state index contributed by atoms with van der Waals surface area (Å²) in [5, 5.41) is 21.3. The van der Waals surface area contributed by atoms with Crippen LogP contribution in [-0.2, 0) is 7.05 Å². The van der Waals surface area contributed by atoms with Crippen molar-refractivity contribution in [3.63, 3.8) is 0 Å². The molecule has 0 saturated heterocycles. The van der Waals surface area contributed by atoms with Gasteiger partial charge in [-0.05, 0) is 29.8 Å². The van der Waals surface area contributed by atoms with Gasteiger partial charge >= 0.3 is 0 Å². The van der Waals surface area contributed by atoms with E-state index in [1.165, 1.54) is 23.5 Å². The number of aromatic nitrogens is 1. The maximum absolute atomic E-state index is 10.8. The van der Waals surface area contributed by atoms with Crippen LogP contribution in [0.1, 0.15) is 20.8 Å². The largest absolute Gasteiger partial charge is 0.545 e. The third-order valence-electron chi connectivity index (χ3n) is 4.20. The summed E-state index contributed by atoms with van der Waals surface area (Å²) in [5.41, 5.74) is 3.53. The van der Waals surface area contributed by atoms with E-state index in [9.17, 15) is 15.0 Å². The van der Waals surface area contributed by atoms with E-state index in [1.54, 1.807) is 30.0 Å². The summed E-state index contributed by atoms with van der Waals surface area (Å²) >= 11 is 1.33. The summed E-state index contributed by atoms with van der Waals surface area (Å²) in [6.45, 7) is 0. The lowest BCUT2D eigenvalue weighted by atomic mass is 10.1. The molecule has 134 valence electrons. The average molecular weight is 376 g/mol. The van der Waals surface area contributed by atoms with Crippen molar-refractivity contribution in [1.29, 1.82) is 0 Å². The number of carbonyl (C=O) groups excluding carboxylic acids is 1. The first kappa shape index (κ1) is 17.0. The highest BCUT2D eigenvalue weighted by molar-refractivity contribution is 7.10. The van der Waals surface area contributed by atoms with Crippen molar-refractivity contribution >= 4 is 46.5 Å². The quantitative estimate of drug-likeness (QED) is 0.762. The first-order chi connectivity index (χ1) is 13.0. The first-order valence-corrected chi connectivity index (χ1v) is 8.94. The van der Waals surface area contributed by atoms with Crippen LogP contribution >= 0.6 is 11.3 Å². The summed E-state index contributed by atoms with van der Waals surface area (Å²) < 4.78 is 1.59. The summed E-state index contributed by atoms with van der Waals surface area (Å²) in [4.78, 5) is 20.9. The molecule has 3 aromatic rings. The number of aromatic carboxylic acids is 1. The van der Waals surface area contributed by atoms with Crippen LogP contribution in [0.5, 0.6) is 5.88 Å². The number of aromatic hydroxyl groups is 1. The van der Waals surface area contributed by atoms with Crippen LogP contribution in [0.3, 0.4) is 0 Å². The molecular weight excluding hydrogens is 362 g/mol. The molecule has 0 atom stereocenters. The van der Waals surface area contributed by atoms with E-state index >= 15 is 0 Å². The number of para-hydroxylation sites is 1. The number of hydrogen-bond donors (Lipinski definition) is 1. The molecule has 1 aliphatic heterocycles. The second kappa shape index (κ2) is 6.69. The van der Waals surface area contributed by atoms with E-state index in [2.05, 4.69) is 9.98 Å². The number of hydrogen-bond acceptors (Lipinski definition) is 6. The van der Waals surface area contributed by atoms with Crippen LogP contribution in [0, 0.1) is 0 Å². The second-order valence-electron chi connectivity index (χ2n) is 5.95. The molecule has 0 unspecified atom stereocenters. The van der Waals surface area contributed by atoms with Crippen LogP contribution in [-0.4, -0.2) is 21.9 Å². The van der Waals surface area contributed by atoms with Crippen molar-refractivity contribution in [2.75, 3.05) is 0 Å². The molecule has 7 heteroatoms. The minimum Gasteiger partial charge on any atom is -0.545 e. The lowest BCUT2D eigenvalue weighted by Gasteiger charge is -2.01. The molecule has 0 radical (unpaired) electrons. The summed E-state index contributed by atoms with van der Waals surface area (Å²) in [6.07, 6.45) is 3.66. The lowest BCUT2D eigenvalue weighted by Crippen LogP contribution is -2.21. The number of allylic oxidation sites excluding steroid dienone is 1. The van der Waals surface area contributed by atoms with Gasteiger partial charge in [0.25, 0.3) is 0 Å². The minimum absolute atomic E-state index is 0.0944. The van der Waals surface area contributed by atoms with Gasteiger partial charge in [-0.15, -0.1) is 0 Å². The molecule has 6 nitrogen and oxygen atoms in total. The number of rotatable bonds is 3. The van der Waals surface area contributed by atoms with E-state index < -0.39 is 5.97 Å². The van der Waals surface area contributed by atoms with Gasteiger partial charge < -0.3 is 15.0 Å². The maximum Gasteiger partial charge on any atom is 0.210 e. The molecule has 1 aromatic heterocycles. The summed E-state index contributed by atoms with van der Waals surface area (Å²) in [5.74, 6) is -1.12. The molecule has 4 rings (SSSR count). The van der Waals surface area contributed by atoms with E-state index in [-0.39, 0.29) is 11.4 Å². The molecule has 0 bridgehead atoms. The Bertz CT molecular complexity index is 1170. The number of carbonyl (C=O) groups is 1. The van der Waals surface area contributed by atoms with Crippen LogP contribution in [0.15, 0.2) is 58.5 Å². The van der Waals surface area contributed by atoms with Gasteiger partial charge in [-0.2, -0.15) is 0 Å². The average Bonchev–Trinajstić information content (AvgIpc) is 3.19. The third kappa shape index (κ3) is 3.20. The van der Waals surface area contributed by atoms with Gasteiger partial charge in [0.2, 0.25) is 5.88 Å². The van der Waals surface area contributed by atoms with Gasteiger partial charge in [0.05, 0.1) is 22.2 Å². The van der Waals surface area contributed by atoms with Gasteiger partial charge in [0.15, 0.2) is 4.80 Å². The molecule has 0 amide bonds. The molecule has 1 N–H and O–H groups in total. The Morgan fingerprint density at radius 2 is 1.96 bits per heavy atom. The van der Waals surface area contributed by atoms with Crippen LogP contribution in [0.25, 0.3) is 11.6 Å². The zero-order valence-electron chi connectivity index (χ0n) is 14.3. The normalized spacial score (nSPS) is 14.7. The van der Waals surface area contributed by atoms with E-state index in [0.29, 0.717) is 15.4 Å². The SMILES string of the molecule is Cn1c(O)c(/C=C2\C=Nc3ccccc32)sc1=Nc1ccc(C(=O)[O-])cc1. The van der Waals surface area contributed by atoms with Crippen LogP contribution in [0.2, 0.25) is 0 Å². The zero-order valence-corrected chi connectivity index (χ0v) is 15.1. The topological polar surface area (TPSA) is 90.0 Å². The number of thiazole rings is 1. The fourth-order valence-electron chi connectivity index (χ4n) is 2.74. The first-order valence-electron chi connectivity index (χ1n) is 8.13. The summed E-state index contributed by atoms with van der Waals surface area (Å²) in [6, 6.07) is 13.9. The highest BCUT2D eigenvalue weighted by Gasteiger charge is 2.14. The molecule has 2 heterocycles. The number of aliphatic imine (C=N–C) groups is 1. The molecular formula is C20H14N3O3S-.